The van der Waals surface area contributed by atoms with E-state index in [1.807, 2.05) is 4.90 Å². The van der Waals surface area contributed by atoms with Gasteiger partial charge in [-0.05, 0) is 40.9 Å². The van der Waals surface area contributed by atoms with Crippen molar-refractivity contribution in [2.24, 2.45) is 0 Å². The fourth-order valence-corrected chi connectivity index (χ4v) is 3.25. The van der Waals surface area contributed by atoms with Gasteiger partial charge in [-0.3, -0.25) is 4.90 Å². The third kappa shape index (κ3) is 3.77. The highest BCUT2D eigenvalue weighted by molar-refractivity contribution is 9.10. The van der Waals surface area contributed by atoms with Gasteiger partial charge in [-0.2, -0.15) is 0 Å². The average molecular weight is 348 g/mol. The molecule has 0 heterocycles. The summed E-state index contributed by atoms with van der Waals surface area (Å²) in [4.78, 5) is 2.01. The fourth-order valence-electron chi connectivity index (χ4n) is 2.88. The molecule has 112 valence electrons. The van der Waals surface area contributed by atoms with Crippen LogP contribution in [0.4, 0.5) is 8.78 Å². The zero-order valence-electron chi connectivity index (χ0n) is 11.4. The first-order chi connectivity index (χ1) is 9.63. The number of hydrogen-bond donors (Lipinski definition) is 1. The molecule has 1 aromatic rings. The molecule has 0 spiro atoms. The summed E-state index contributed by atoms with van der Waals surface area (Å²) in [6.45, 7) is 0.673. The van der Waals surface area contributed by atoms with Crippen molar-refractivity contribution in [2.45, 2.75) is 44.7 Å². The molecule has 1 aromatic carbocycles. The highest BCUT2D eigenvalue weighted by Gasteiger charge is 2.23. The van der Waals surface area contributed by atoms with Crippen molar-refractivity contribution in [3.8, 4) is 0 Å². The van der Waals surface area contributed by atoms with E-state index < -0.39 is 11.6 Å². The van der Waals surface area contributed by atoms with Gasteiger partial charge in [0.2, 0.25) is 0 Å². The number of aliphatic hydroxyl groups excluding tert-OH is 1. The van der Waals surface area contributed by atoms with Crippen molar-refractivity contribution in [3.63, 3.8) is 0 Å². The third-order valence-corrected chi connectivity index (χ3v) is 4.59. The fraction of sp³-hybridized carbons (Fsp3) is 0.600. The van der Waals surface area contributed by atoms with Crippen molar-refractivity contribution in [1.82, 2.24) is 4.90 Å². The van der Waals surface area contributed by atoms with Crippen LogP contribution < -0.4 is 0 Å². The molecule has 5 heteroatoms. The molecule has 0 amide bonds. The zero-order valence-corrected chi connectivity index (χ0v) is 13.0. The topological polar surface area (TPSA) is 23.5 Å². The molecule has 0 atom stereocenters. The summed E-state index contributed by atoms with van der Waals surface area (Å²) in [6.07, 6.45) is 5.60. The molecule has 1 fully saturated rings. The van der Waals surface area contributed by atoms with Crippen LogP contribution in [0, 0.1) is 11.6 Å². The Labute approximate surface area is 126 Å². The molecule has 0 saturated heterocycles. The molecule has 0 aliphatic heterocycles. The van der Waals surface area contributed by atoms with E-state index in [9.17, 15) is 13.9 Å². The van der Waals surface area contributed by atoms with E-state index in [0.717, 1.165) is 25.7 Å². The lowest BCUT2D eigenvalue weighted by Crippen LogP contribution is -2.38. The number of benzene rings is 1. The molecule has 20 heavy (non-hydrogen) atoms. The van der Waals surface area contributed by atoms with Crippen LogP contribution in [0.25, 0.3) is 0 Å². The van der Waals surface area contributed by atoms with Crippen LogP contribution in [-0.4, -0.2) is 29.2 Å². The van der Waals surface area contributed by atoms with E-state index in [-0.39, 0.29) is 23.2 Å². The Bertz CT molecular complexity index is 450. The standard InChI is InChI=1S/C15H20BrF2NO/c16-13-6-7-14(17)12(15(13)18)10-19(8-9-20)11-4-2-1-3-5-11/h6-7,11,20H,1-5,8-10H2. The van der Waals surface area contributed by atoms with Crippen LogP contribution in [0.3, 0.4) is 0 Å². The second-order valence-electron chi connectivity index (χ2n) is 5.31. The Balaban J connectivity index is 2.17. The van der Waals surface area contributed by atoms with Gasteiger partial charge in [0.05, 0.1) is 11.1 Å². The van der Waals surface area contributed by atoms with Crippen molar-refractivity contribution in [2.75, 3.05) is 13.2 Å². The van der Waals surface area contributed by atoms with Gasteiger partial charge in [0.25, 0.3) is 0 Å². The van der Waals surface area contributed by atoms with Crippen molar-refractivity contribution >= 4 is 15.9 Å². The number of nitrogens with zero attached hydrogens (tertiary/aromatic N) is 1. The predicted octanol–water partition coefficient (Wildman–Crippen LogP) is 3.85. The van der Waals surface area contributed by atoms with Crippen LogP contribution in [0.15, 0.2) is 16.6 Å². The minimum atomic E-state index is -0.538. The van der Waals surface area contributed by atoms with E-state index >= 15 is 0 Å². The van der Waals surface area contributed by atoms with E-state index in [1.54, 1.807) is 0 Å². The molecule has 0 aromatic heterocycles. The van der Waals surface area contributed by atoms with Gasteiger partial charge in [0.15, 0.2) is 0 Å². The first-order valence-corrected chi connectivity index (χ1v) is 7.90. The lowest BCUT2D eigenvalue weighted by Gasteiger charge is -2.34. The lowest BCUT2D eigenvalue weighted by molar-refractivity contribution is 0.114. The summed E-state index contributed by atoms with van der Waals surface area (Å²) >= 11 is 3.10. The molecule has 0 unspecified atom stereocenters. The molecule has 1 aliphatic carbocycles. The van der Waals surface area contributed by atoms with Gasteiger partial charge in [0.1, 0.15) is 11.6 Å². The smallest absolute Gasteiger partial charge is 0.144 e. The minimum absolute atomic E-state index is 0.00768. The number of aliphatic hydroxyl groups is 1. The van der Waals surface area contributed by atoms with Gasteiger partial charge in [0, 0.05) is 24.7 Å². The maximum absolute atomic E-state index is 14.1. The highest BCUT2D eigenvalue weighted by atomic mass is 79.9. The predicted molar refractivity (Wildman–Crippen MR) is 78.4 cm³/mol. The third-order valence-electron chi connectivity index (χ3n) is 3.98. The van der Waals surface area contributed by atoms with Crippen LogP contribution in [-0.2, 0) is 6.54 Å². The quantitative estimate of drug-likeness (QED) is 0.817. The van der Waals surface area contributed by atoms with Crippen LogP contribution in [0.1, 0.15) is 37.7 Å². The molecule has 1 aliphatic rings. The van der Waals surface area contributed by atoms with Crippen LogP contribution in [0.2, 0.25) is 0 Å². The first-order valence-electron chi connectivity index (χ1n) is 7.10. The van der Waals surface area contributed by atoms with Gasteiger partial charge >= 0.3 is 0 Å². The zero-order chi connectivity index (χ0) is 14.5. The Morgan fingerprint density at radius 2 is 1.90 bits per heavy atom. The van der Waals surface area contributed by atoms with Crippen LogP contribution in [0.5, 0.6) is 0 Å². The molecular weight excluding hydrogens is 328 g/mol. The van der Waals surface area contributed by atoms with E-state index in [2.05, 4.69) is 15.9 Å². The highest BCUT2D eigenvalue weighted by Crippen LogP contribution is 2.27. The summed E-state index contributed by atoms with van der Waals surface area (Å²) in [5.74, 6) is -1.06. The van der Waals surface area contributed by atoms with Gasteiger partial charge < -0.3 is 5.11 Å². The second-order valence-corrected chi connectivity index (χ2v) is 6.16. The summed E-state index contributed by atoms with van der Waals surface area (Å²) in [7, 11) is 0. The molecule has 1 N–H and O–H groups in total. The van der Waals surface area contributed by atoms with Crippen molar-refractivity contribution < 1.29 is 13.9 Å². The molecule has 1 saturated carbocycles. The monoisotopic (exact) mass is 347 g/mol. The molecule has 2 nitrogen and oxygen atoms in total. The van der Waals surface area contributed by atoms with E-state index in [1.165, 1.54) is 18.6 Å². The molecule has 2 rings (SSSR count). The Morgan fingerprint density at radius 1 is 1.20 bits per heavy atom. The van der Waals surface area contributed by atoms with Gasteiger partial charge in [-0.15, -0.1) is 0 Å². The number of halogens is 3. The summed E-state index contributed by atoms with van der Waals surface area (Å²) in [5, 5.41) is 9.20. The van der Waals surface area contributed by atoms with E-state index in [0.29, 0.717) is 12.6 Å². The van der Waals surface area contributed by atoms with E-state index in [4.69, 9.17) is 0 Å². The summed E-state index contributed by atoms with van der Waals surface area (Å²) < 4.78 is 28.2. The molecule has 0 radical (unpaired) electrons. The van der Waals surface area contributed by atoms with Crippen molar-refractivity contribution in [3.05, 3.63) is 33.8 Å². The summed E-state index contributed by atoms with van der Waals surface area (Å²) in [5.41, 5.74) is 0.0819. The molecule has 0 bridgehead atoms. The summed E-state index contributed by atoms with van der Waals surface area (Å²) in [6, 6.07) is 2.97. The number of hydrogen-bond acceptors (Lipinski definition) is 2. The Morgan fingerprint density at radius 3 is 2.55 bits per heavy atom. The lowest BCUT2D eigenvalue weighted by atomic mass is 9.94. The minimum Gasteiger partial charge on any atom is -0.395 e. The SMILES string of the molecule is OCCN(Cc1c(F)ccc(Br)c1F)C1CCCCC1. The maximum Gasteiger partial charge on any atom is 0.144 e. The Kier molecular flexibility index (Phi) is 5.93. The Hall–Kier alpha value is -0.520. The van der Waals surface area contributed by atoms with Crippen molar-refractivity contribution in [1.29, 1.82) is 0 Å². The van der Waals surface area contributed by atoms with Gasteiger partial charge in [-0.25, -0.2) is 8.78 Å². The first kappa shape index (κ1) is 15.9. The van der Waals surface area contributed by atoms with Crippen LogP contribution >= 0.6 is 15.9 Å². The normalized spacial score (nSPS) is 16.9. The second kappa shape index (κ2) is 7.48. The number of rotatable bonds is 5. The largest absolute Gasteiger partial charge is 0.395 e. The maximum atomic E-state index is 14.1. The molecular formula is C15H20BrF2NO. The average Bonchev–Trinajstić information content (AvgIpc) is 2.47. The van der Waals surface area contributed by atoms with Gasteiger partial charge in [-0.1, -0.05) is 19.3 Å².